The van der Waals surface area contributed by atoms with Crippen LogP contribution in [0.1, 0.15) is 5.56 Å². The summed E-state index contributed by atoms with van der Waals surface area (Å²) < 4.78 is 28.0. The third-order valence-electron chi connectivity index (χ3n) is 5.79. The predicted octanol–water partition coefficient (Wildman–Crippen LogP) is 5.93. The van der Waals surface area contributed by atoms with E-state index in [1.807, 2.05) is 16.9 Å². The number of rotatable bonds is 7. The topological polar surface area (TPSA) is 142 Å². The smallest absolute Gasteiger partial charge is 0.333 e. The van der Waals surface area contributed by atoms with Crippen molar-refractivity contribution in [1.82, 2.24) is 14.3 Å². The van der Waals surface area contributed by atoms with Crippen molar-refractivity contribution < 1.29 is 13.2 Å². The molecular formula is C26H18BrCl2N5O5S2. The number of carbonyl (C=O) groups is 1. The number of aromatic nitrogens is 2. The lowest BCUT2D eigenvalue weighted by Crippen LogP contribution is -2.34. The molecule has 4 N–H and O–H groups in total. The number of nitrogens with one attached hydrogen (secondary N) is 4. The number of thiophene rings is 1. The number of benzene rings is 3. The van der Waals surface area contributed by atoms with Crippen LogP contribution in [-0.4, -0.2) is 24.0 Å². The lowest BCUT2D eigenvalue weighted by molar-refractivity contribution is 0.256. The molecule has 2 amide bonds. The molecule has 0 aliphatic rings. The molecule has 0 saturated carbocycles. The van der Waals surface area contributed by atoms with E-state index in [1.165, 1.54) is 30.3 Å². The number of H-pyrrole nitrogens is 1. The van der Waals surface area contributed by atoms with Crippen LogP contribution in [0.4, 0.5) is 16.2 Å². The van der Waals surface area contributed by atoms with Crippen molar-refractivity contribution in [2.75, 3.05) is 10.6 Å². The van der Waals surface area contributed by atoms with Gasteiger partial charge in [-0.25, -0.2) is 27.3 Å². The van der Waals surface area contributed by atoms with Crippen LogP contribution in [0.2, 0.25) is 9.36 Å². The highest BCUT2D eigenvalue weighted by Crippen LogP contribution is 2.26. The van der Waals surface area contributed by atoms with Gasteiger partial charge in [-0.3, -0.25) is 4.79 Å². The van der Waals surface area contributed by atoms with E-state index < -0.39 is 27.3 Å². The van der Waals surface area contributed by atoms with E-state index >= 15 is 0 Å². The molecule has 0 aliphatic heterocycles. The van der Waals surface area contributed by atoms with Gasteiger partial charge in [0.25, 0.3) is 15.6 Å². The largest absolute Gasteiger partial charge is 0.381 e. The van der Waals surface area contributed by atoms with Crippen LogP contribution in [-0.2, 0) is 16.6 Å². The van der Waals surface area contributed by atoms with Gasteiger partial charge in [-0.05, 0) is 82.2 Å². The molecule has 0 bridgehead atoms. The van der Waals surface area contributed by atoms with Gasteiger partial charge in [0.05, 0.1) is 20.9 Å². The summed E-state index contributed by atoms with van der Waals surface area (Å²) in [5.41, 5.74) is 1.28. The molecule has 0 fully saturated rings. The summed E-state index contributed by atoms with van der Waals surface area (Å²) in [6.07, 6.45) is 0. The molecule has 5 aromatic rings. The zero-order valence-electron chi connectivity index (χ0n) is 20.6. The number of anilines is 2. The second-order valence-corrected chi connectivity index (χ2v) is 13.5. The zero-order chi connectivity index (χ0) is 29.3. The maximum atomic E-state index is 13.3. The van der Waals surface area contributed by atoms with Crippen molar-refractivity contribution in [3.05, 3.63) is 113 Å². The number of hydrogen-bond donors (Lipinski definition) is 4. The summed E-state index contributed by atoms with van der Waals surface area (Å²) in [5.74, 6) is 0. The first-order valence-corrected chi connectivity index (χ1v) is 15.5. The Morgan fingerprint density at radius 2 is 1.68 bits per heavy atom. The fraction of sp³-hybridized carbons (Fsp3) is 0.0385. The number of halogens is 3. The van der Waals surface area contributed by atoms with Crippen molar-refractivity contribution in [3.63, 3.8) is 0 Å². The molecule has 10 nitrogen and oxygen atoms in total. The third-order valence-corrected chi connectivity index (χ3v) is 9.74. The molecular weight excluding hydrogens is 677 g/mol. The summed E-state index contributed by atoms with van der Waals surface area (Å²) in [6, 6.07) is 18.4. The lowest BCUT2D eigenvalue weighted by Gasteiger charge is -2.12. The molecule has 15 heteroatoms. The van der Waals surface area contributed by atoms with Crippen LogP contribution >= 0.6 is 50.5 Å². The third kappa shape index (κ3) is 6.49. The van der Waals surface area contributed by atoms with Gasteiger partial charge in [-0.2, -0.15) is 0 Å². The Kier molecular flexibility index (Phi) is 8.25. The Morgan fingerprint density at radius 1 is 0.951 bits per heavy atom. The van der Waals surface area contributed by atoms with Crippen LogP contribution < -0.4 is 26.6 Å². The number of nitrogens with zero attached hydrogens (tertiary/aromatic N) is 1. The zero-order valence-corrected chi connectivity index (χ0v) is 25.3. The molecule has 2 aromatic heterocycles. The standard InChI is InChI=1S/C26H18BrCl2N5O5S2/c27-19-11-17(31-25(36)33-41(38,39)23-10-9-22(29)40-23)6-8-21(19)34-24(35)18-7-5-16(12-20(18)32-26(34)37)30-13-14-1-3-15(28)4-2-14/h1-12,30H,13H2,(H,32,37)(H2,31,33,36). The highest BCUT2D eigenvalue weighted by molar-refractivity contribution is 9.10. The summed E-state index contributed by atoms with van der Waals surface area (Å²) >= 11 is 15.8. The monoisotopic (exact) mass is 693 g/mol. The molecule has 0 unspecified atom stereocenters. The number of carbonyl (C=O) groups excluding carboxylic acids is 1. The van der Waals surface area contributed by atoms with Crippen LogP contribution in [0, 0.1) is 0 Å². The molecule has 0 radical (unpaired) electrons. The number of hydrogen-bond acceptors (Lipinski definition) is 7. The van der Waals surface area contributed by atoms with Gasteiger partial charge in [0.1, 0.15) is 4.21 Å². The van der Waals surface area contributed by atoms with Crippen molar-refractivity contribution in [3.8, 4) is 5.69 Å². The maximum absolute atomic E-state index is 13.3. The van der Waals surface area contributed by atoms with Gasteiger partial charge in [-0.1, -0.05) is 35.3 Å². The molecule has 5 rings (SSSR count). The fourth-order valence-corrected chi connectivity index (χ4v) is 6.96. The summed E-state index contributed by atoms with van der Waals surface area (Å²) in [4.78, 5) is 41.4. The van der Waals surface area contributed by atoms with E-state index in [-0.39, 0.29) is 25.3 Å². The second kappa shape index (κ2) is 11.7. The number of urea groups is 1. The highest BCUT2D eigenvalue weighted by Gasteiger charge is 2.20. The summed E-state index contributed by atoms with van der Waals surface area (Å²) in [5, 5.41) is 6.59. The Morgan fingerprint density at radius 3 is 2.37 bits per heavy atom. The highest BCUT2D eigenvalue weighted by atomic mass is 79.9. The lowest BCUT2D eigenvalue weighted by atomic mass is 10.2. The second-order valence-electron chi connectivity index (χ2n) is 8.60. The SMILES string of the molecule is O=C(Nc1ccc(-n2c(=O)[nH]c3cc(NCc4ccc(Cl)cc4)ccc3c2=O)c(Br)c1)NS(=O)(=O)c1ccc(Cl)s1. The Hall–Kier alpha value is -3.62. The van der Waals surface area contributed by atoms with E-state index in [0.29, 0.717) is 27.2 Å². The van der Waals surface area contributed by atoms with Crippen LogP contribution in [0.5, 0.6) is 0 Å². The Bertz CT molecular complexity index is 2030. The summed E-state index contributed by atoms with van der Waals surface area (Å²) in [7, 11) is -4.11. The molecule has 0 spiro atoms. The average Bonchev–Trinajstić information content (AvgIpc) is 3.36. The minimum Gasteiger partial charge on any atom is -0.381 e. The van der Waals surface area contributed by atoms with Gasteiger partial charge in [0, 0.05) is 27.4 Å². The van der Waals surface area contributed by atoms with Crippen molar-refractivity contribution in [2.45, 2.75) is 10.8 Å². The molecule has 0 aliphatic carbocycles. The van der Waals surface area contributed by atoms with Crippen LogP contribution in [0.25, 0.3) is 16.6 Å². The van der Waals surface area contributed by atoms with E-state index in [4.69, 9.17) is 23.2 Å². The van der Waals surface area contributed by atoms with Crippen molar-refractivity contribution in [2.24, 2.45) is 0 Å². The maximum Gasteiger partial charge on any atom is 0.333 e. The van der Waals surface area contributed by atoms with Crippen LogP contribution in [0.15, 0.2) is 91.1 Å². The molecule has 210 valence electrons. The molecule has 0 atom stereocenters. The Labute approximate surface area is 255 Å². The van der Waals surface area contributed by atoms with E-state index in [1.54, 1.807) is 30.3 Å². The normalized spacial score (nSPS) is 11.4. The number of amides is 2. The predicted molar refractivity (Wildman–Crippen MR) is 165 cm³/mol. The van der Waals surface area contributed by atoms with Gasteiger partial charge >= 0.3 is 11.7 Å². The fourth-order valence-electron chi connectivity index (χ4n) is 3.89. The first-order chi connectivity index (χ1) is 19.5. The molecule has 41 heavy (non-hydrogen) atoms. The first kappa shape index (κ1) is 28.9. The van der Waals surface area contributed by atoms with Crippen LogP contribution in [0.3, 0.4) is 0 Å². The van der Waals surface area contributed by atoms with Gasteiger partial charge in [0.2, 0.25) is 0 Å². The first-order valence-electron chi connectivity index (χ1n) is 11.7. The van der Waals surface area contributed by atoms with Gasteiger partial charge in [0.15, 0.2) is 0 Å². The number of fused-ring (bicyclic) bond motifs is 1. The van der Waals surface area contributed by atoms with Crippen molar-refractivity contribution >= 4 is 88.8 Å². The van der Waals surface area contributed by atoms with E-state index in [2.05, 4.69) is 31.5 Å². The molecule has 2 heterocycles. The quantitative estimate of drug-likeness (QED) is 0.166. The number of sulfonamides is 1. The van der Waals surface area contributed by atoms with E-state index in [0.717, 1.165) is 21.5 Å². The van der Waals surface area contributed by atoms with E-state index in [9.17, 15) is 22.8 Å². The minimum atomic E-state index is -4.11. The average molecular weight is 695 g/mol. The summed E-state index contributed by atoms with van der Waals surface area (Å²) in [6.45, 7) is 0.518. The number of aromatic amines is 1. The van der Waals surface area contributed by atoms with Gasteiger partial charge < -0.3 is 15.6 Å². The minimum absolute atomic E-state index is 0.117. The Balaban J connectivity index is 1.35. The molecule has 3 aromatic carbocycles. The van der Waals surface area contributed by atoms with Crippen molar-refractivity contribution in [1.29, 1.82) is 0 Å². The molecule has 0 saturated heterocycles. The van der Waals surface area contributed by atoms with Gasteiger partial charge in [-0.15, -0.1) is 11.3 Å².